The maximum Gasteiger partial charge on any atom is 0.342 e. The molecular formula is C44H53F4N9O5. The second-order valence-corrected chi connectivity index (χ2v) is 17.9. The number of fused-ring (bicyclic) bond motifs is 1. The molecule has 1 unspecified atom stereocenters. The van der Waals surface area contributed by atoms with Crippen LogP contribution in [0.1, 0.15) is 87.1 Å². The molecular weight excluding hydrogens is 811 g/mol. The first kappa shape index (κ1) is 43.1. The third-order valence-corrected chi connectivity index (χ3v) is 13.4. The predicted octanol–water partition coefficient (Wildman–Crippen LogP) is 5.74. The quantitative estimate of drug-likeness (QED) is 0.169. The average Bonchev–Trinajstić information content (AvgIpc) is 3.29. The largest absolute Gasteiger partial charge is 0.495 e. The Morgan fingerprint density at radius 3 is 2.34 bits per heavy atom. The van der Waals surface area contributed by atoms with E-state index in [9.17, 15) is 28.0 Å². The van der Waals surface area contributed by atoms with E-state index >= 15 is 8.78 Å². The van der Waals surface area contributed by atoms with E-state index in [4.69, 9.17) is 4.74 Å². The molecule has 5 aliphatic rings. The number of anilines is 5. The number of ether oxygens (including phenoxy) is 1. The summed E-state index contributed by atoms with van der Waals surface area (Å²) in [6.07, 6.45) is 7.20. The molecule has 4 amide bonds. The molecule has 4 aliphatic heterocycles. The van der Waals surface area contributed by atoms with E-state index in [1.165, 1.54) is 37.4 Å². The highest BCUT2D eigenvalue weighted by Gasteiger charge is 2.48. The molecule has 0 radical (unpaired) electrons. The maximum absolute atomic E-state index is 15.3. The van der Waals surface area contributed by atoms with E-state index in [0.717, 1.165) is 63.1 Å². The van der Waals surface area contributed by atoms with E-state index in [1.54, 1.807) is 36.9 Å². The third kappa shape index (κ3) is 8.62. The number of methoxy groups -OCH3 is 1. The Kier molecular flexibility index (Phi) is 11.8. The zero-order valence-corrected chi connectivity index (χ0v) is 35.4. The molecule has 5 heterocycles. The van der Waals surface area contributed by atoms with Gasteiger partial charge in [0.1, 0.15) is 28.8 Å². The van der Waals surface area contributed by atoms with Crippen molar-refractivity contribution in [1.82, 2.24) is 25.5 Å². The number of hydrogen-bond donors (Lipinski definition) is 3. The number of hydrogen-bond acceptors (Lipinski definition) is 11. The van der Waals surface area contributed by atoms with Crippen molar-refractivity contribution in [2.75, 3.05) is 73.4 Å². The van der Waals surface area contributed by atoms with Crippen LogP contribution in [0.15, 0.2) is 36.5 Å². The summed E-state index contributed by atoms with van der Waals surface area (Å²) in [5.74, 6) is -7.11. The molecule has 18 heteroatoms. The Balaban J connectivity index is 0.799. The van der Waals surface area contributed by atoms with Crippen LogP contribution in [0.25, 0.3) is 0 Å². The van der Waals surface area contributed by atoms with Crippen LogP contribution in [0, 0.1) is 23.0 Å². The molecule has 62 heavy (non-hydrogen) atoms. The monoisotopic (exact) mass is 863 g/mol. The Morgan fingerprint density at radius 2 is 1.69 bits per heavy atom. The molecule has 3 aromatic rings. The minimum Gasteiger partial charge on any atom is -0.495 e. The van der Waals surface area contributed by atoms with Crippen LogP contribution in [0.5, 0.6) is 5.75 Å². The number of nitrogens with zero attached hydrogens (tertiary/aromatic N) is 6. The van der Waals surface area contributed by atoms with Crippen LogP contribution in [0.2, 0.25) is 0 Å². The number of piperidine rings is 3. The number of benzene rings is 2. The number of alkyl halides is 2. The Bertz CT molecular complexity index is 2210. The van der Waals surface area contributed by atoms with Gasteiger partial charge in [-0.05, 0) is 119 Å². The van der Waals surface area contributed by atoms with Gasteiger partial charge >= 0.3 is 5.92 Å². The molecule has 1 spiro atoms. The van der Waals surface area contributed by atoms with Crippen LogP contribution in [-0.2, 0) is 14.4 Å². The maximum atomic E-state index is 15.3. The lowest BCUT2D eigenvalue weighted by molar-refractivity contribution is -0.140. The highest BCUT2D eigenvalue weighted by molar-refractivity contribution is 6.02. The van der Waals surface area contributed by atoms with Gasteiger partial charge in [-0.25, -0.2) is 13.8 Å². The highest BCUT2D eigenvalue weighted by Crippen LogP contribution is 2.49. The lowest BCUT2D eigenvalue weighted by Gasteiger charge is -2.52. The second-order valence-electron chi connectivity index (χ2n) is 17.9. The number of imide groups is 1. The minimum atomic E-state index is -3.61. The number of amides is 4. The lowest BCUT2D eigenvalue weighted by atomic mass is 9.60. The normalized spacial score (nSPS) is 22.0. The summed E-state index contributed by atoms with van der Waals surface area (Å²) in [7, 11) is 2.75. The minimum absolute atomic E-state index is 0.0512. The molecule has 14 nitrogen and oxygen atoms in total. The molecule has 1 atom stereocenters. The van der Waals surface area contributed by atoms with Crippen molar-refractivity contribution in [3.8, 4) is 5.75 Å². The van der Waals surface area contributed by atoms with Crippen LogP contribution in [0.4, 0.5) is 46.4 Å². The standard InChI is InChI=1S/C44H53F4N9O5/c1-25(2)57-24-44(47,48)41(61)54(3)34-22-49-42(53-38(34)57)51-33-7-5-27(19-35(33)62-4)39(59)50-29-20-43(21-29)11-15-55(16-12-43)23-26-9-13-56(14-10-26)37-31(45)17-28(18-32(37)46)30-6-8-36(58)52-40(30)60/h5,7,17-19,22,25-26,29-30H,6,8-16,20-21,23-24H2,1-4H3,(H,50,59)(H,49,51,53)(H,52,58,60). The van der Waals surface area contributed by atoms with E-state index in [0.29, 0.717) is 36.0 Å². The zero-order chi connectivity index (χ0) is 44.1. The number of likely N-dealkylation sites (tertiary alicyclic amines) is 1. The van der Waals surface area contributed by atoms with Gasteiger partial charge in [0.05, 0.1) is 31.5 Å². The number of rotatable bonds is 10. The molecule has 0 bridgehead atoms. The zero-order valence-electron chi connectivity index (χ0n) is 35.4. The van der Waals surface area contributed by atoms with Crippen molar-refractivity contribution in [3.05, 3.63) is 59.3 Å². The summed E-state index contributed by atoms with van der Waals surface area (Å²) < 4.78 is 65.7. The fourth-order valence-electron chi connectivity index (χ4n) is 9.85. The third-order valence-electron chi connectivity index (χ3n) is 13.4. The van der Waals surface area contributed by atoms with Crippen molar-refractivity contribution in [2.45, 2.75) is 89.1 Å². The second kappa shape index (κ2) is 17.0. The first-order chi connectivity index (χ1) is 29.5. The van der Waals surface area contributed by atoms with Crippen molar-refractivity contribution >= 4 is 52.5 Å². The fraction of sp³-hybridized carbons (Fsp3) is 0.545. The van der Waals surface area contributed by atoms with Crippen LogP contribution in [0.3, 0.4) is 0 Å². The van der Waals surface area contributed by atoms with Gasteiger partial charge in [0.15, 0.2) is 5.82 Å². The van der Waals surface area contributed by atoms with Gasteiger partial charge in [-0.15, -0.1) is 0 Å². The first-order valence-corrected chi connectivity index (χ1v) is 21.4. The SMILES string of the molecule is COc1cc(C(=O)NC2CC3(CCN(CC4CCN(c5c(F)cc(C6CCC(=O)NC6=O)cc5F)CC4)CC3)C2)ccc1Nc1ncc2c(n1)N(C(C)C)CC(F)(F)C(=O)N2C. The average molecular weight is 864 g/mol. The first-order valence-electron chi connectivity index (χ1n) is 21.4. The number of aromatic nitrogens is 2. The van der Waals surface area contributed by atoms with Crippen molar-refractivity contribution in [3.63, 3.8) is 0 Å². The van der Waals surface area contributed by atoms with Gasteiger partial charge in [0.2, 0.25) is 17.8 Å². The molecule has 1 saturated carbocycles. The Morgan fingerprint density at radius 1 is 1.00 bits per heavy atom. The van der Waals surface area contributed by atoms with Crippen molar-refractivity contribution in [1.29, 1.82) is 0 Å². The smallest absolute Gasteiger partial charge is 0.342 e. The summed E-state index contributed by atoms with van der Waals surface area (Å²) in [5, 5.41) is 8.51. The molecule has 332 valence electrons. The van der Waals surface area contributed by atoms with Gasteiger partial charge in [-0.1, -0.05) is 0 Å². The molecule has 1 aliphatic carbocycles. The van der Waals surface area contributed by atoms with E-state index < -0.39 is 41.8 Å². The molecule has 1 aromatic heterocycles. The van der Waals surface area contributed by atoms with Gasteiger partial charge in [-0.3, -0.25) is 24.5 Å². The summed E-state index contributed by atoms with van der Waals surface area (Å²) in [4.78, 5) is 65.0. The van der Waals surface area contributed by atoms with Crippen LogP contribution < -0.4 is 35.4 Å². The van der Waals surface area contributed by atoms with Gasteiger partial charge < -0.3 is 35.0 Å². The summed E-state index contributed by atoms with van der Waals surface area (Å²) >= 11 is 0. The lowest BCUT2D eigenvalue weighted by Crippen LogP contribution is -2.55. The van der Waals surface area contributed by atoms with Crippen molar-refractivity contribution in [2.24, 2.45) is 11.3 Å². The Hall–Kier alpha value is -5.52. The number of nitrogens with one attached hydrogen (secondary N) is 3. The van der Waals surface area contributed by atoms with Gasteiger partial charge in [0.25, 0.3) is 11.8 Å². The van der Waals surface area contributed by atoms with Crippen molar-refractivity contribution < 1.29 is 41.5 Å². The summed E-state index contributed by atoms with van der Waals surface area (Å²) in [5.41, 5.74) is 1.42. The topological polar surface area (TPSA) is 152 Å². The molecule has 4 fully saturated rings. The van der Waals surface area contributed by atoms with Crippen LogP contribution in [-0.4, -0.2) is 110 Å². The molecule has 8 rings (SSSR count). The van der Waals surface area contributed by atoms with Gasteiger partial charge in [0, 0.05) is 50.7 Å². The summed E-state index contributed by atoms with van der Waals surface area (Å²) in [6, 6.07) is 7.10. The number of halogens is 4. The highest BCUT2D eigenvalue weighted by atomic mass is 19.3. The summed E-state index contributed by atoms with van der Waals surface area (Å²) in [6.45, 7) is 6.59. The van der Waals surface area contributed by atoms with E-state index in [2.05, 4.69) is 30.8 Å². The van der Waals surface area contributed by atoms with E-state index in [-0.39, 0.29) is 70.9 Å². The molecule has 3 saturated heterocycles. The van der Waals surface area contributed by atoms with Gasteiger partial charge in [-0.2, -0.15) is 13.8 Å². The number of carbonyl (C=O) groups excluding carboxylic acids is 4. The predicted molar refractivity (Wildman–Crippen MR) is 224 cm³/mol. The molecule has 2 aromatic carbocycles. The van der Waals surface area contributed by atoms with Crippen LogP contribution >= 0.6 is 0 Å². The molecule has 3 N–H and O–H groups in total. The number of carbonyl (C=O) groups is 4. The fourth-order valence-corrected chi connectivity index (χ4v) is 9.85. The van der Waals surface area contributed by atoms with E-state index in [1.807, 2.05) is 0 Å². The Labute approximate surface area is 357 Å².